The van der Waals surface area contributed by atoms with Crippen molar-refractivity contribution in [1.82, 2.24) is 5.32 Å². The van der Waals surface area contributed by atoms with Crippen molar-refractivity contribution < 1.29 is 13.5 Å². The van der Waals surface area contributed by atoms with Crippen LogP contribution < -0.4 is 5.32 Å². The molecule has 0 bridgehead atoms. The summed E-state index contributed by atoms with van der Waals surface area (Å²) in [5.74, 6) is 0.440. The van der Waals surface area contributed by atoms with E-state index in [9.17, 15) is 13.5 Å². The van der Waals surface area contributed by atoms with E-state index in [2.05, 4.69) is 5.32 Å². The fourth-order valence-corrected chi connectivity index (χ4v) is 4.70. The first-order valence-electron chi connectivity index (χ1n) is 5.68. The van der Waals surface area contributed by atoms with E-state index >= 15 is 0 Å². The van der Waals surface area contributed by atoms with Crippen LogP contribution in [0.4, 0.5) is 0 Å². The molecule has 2 aliphatic heterocycles. The molecule has 5 heteroatoms. The number of hydrogen-bond donors (Lipinski definition) is 2. The Bertz CT molecular complexity index is 307. The van der Waals surface area contributed by atoms with Crippen LogP contribution >= 0.6 is 0 Å². The zero-order valence-corrected chi connectivity index (χ0v) is 9.67. The Hall–Kier alpha value is -0.130. The highest BCUT2D eigenvalue weighted by Gasteiger charge is 2.40. The molecule has 2 aliphatic rings. The molecular formula is C10H19NO3S. The van der Waals surface area contributed by atoms with Gasteiger partial charge in [-0.2, -0.15) is 0 Å². The number of hydrogen-bond acceptors (Lipinski definition) is 4. The maximum absolute atomic E-state index is 11.4. The van der Waals surface area contributed by atoms with Crippen LogP contribution in [0.25, 0.3) is 0 Å². The van der Waals surface area contributed by atoms with Crippen LogP contribution in [0.5, 0.6) is 0 Å². The van der Waals surface area contributed by atoms with Gasteiger partial charge in [0.25, 0.3) is 0 Å². The quantitative estimate of drug-likeness (QED) is 0.657. The van der Waals surface area contributed by atoms with Crippen LogP contribution in [0, 0.1) is 11.8 Å². The van der Waals surface area contributed by atoms with Crippen LogP contribution in [0.2, 0.25) is 0 Å². The molecule has 2 N–H and O–H groups in total. The predicted octanol–water partition coefficient (Wildman–Crippen LogP) is -0.218. The minimum Gasteiger partial charge on any atom is -0.392 e. The number of sulfone groups is 1. The van der Waals surface area contributed by atoms with Gasteiger partial charge in [0.2, 0.25) is 0 Å². The van der Waals surface area contributed by atoms with Crippen LogP contribution in [-0.4, -0.2) is 44.2 Å². The predicted molar refractivity (Wildman–Crippen MR) is 58.4 cm³/mol. The Labute approximate surface area is 91.0 Å². The molecule has 0 amide bonds. The molecular weight excluding hydrogens is 214 g/mol. The van der Waals surface area contributed by atoms with Crippen molar-refractivity contribution in [2.24, 2.45) is 11.8 Å². The standard InChI is InChI=1S/C10H19NO3S/c12-10-7-15(13,14)6-9(10)8-3-1-2-4-11-5-8/h8-12H,1-7H2. The Morgan fingerprint density at radius 2 is 2.00 bits per heavy atom. The zero-order chi connectivity index (χ0) is 10.9. The van der Waals surface area contributed by atoms with Crippen LogP contribution in [-0.2, 0) is 9.84 Å². The van der Waals surface area contributed by atoms with Gasteiger partial charge in [0.1, 0.15) is 0 Å². The van der Waals surface area contributed by atoms with Crippen LogP contribution in [0.1, 0.15) is 19.3 Å². The summed E-state index contributed by atoms with van der Waals surface area (Å²) in [5, 5.41) is 13.1. The molecule has 0 spiro atoms. The van der Waals surface area contributed by atoms with Gasteiger partial charge in [0.05, 0.1) is 17.6 Å². The lowest BCUT2D eigenvalue weighted by molar-refractivity contribution is 0.111. The Morgan fingerprint density at radius 1 is 1.20 bits per heavy atom. The summed E-state index contributed by atoms with van der Waals surface area (Å²) in [4.78, 5) is 0. The topological polar surface area (TPSA) is 66.4 Å². The summed E-state index contributed by atoms with van der Waals surface area (Å²) in [6, 6.07) is 0. The summed E-state index contributed by atoms with van der Waals surface area (Å²) in [6.45, 7) is 1.88. The maximum Gasteiger partial charge on any atom is 0.153 e. The maximum atomic E-state index is 11.4. The van der Waals surface area contributed by atoms with Gasteiger partial charge >= 0.3 is 0 Å². The second kappa shape index (κ2) is 4.39. The third-order valence-corrected chi connectivity index (χ3v) is 5.30. The summed E-state index contributed by atoms with van der Waals surface area (Å²) >= 11 is 0. The highest BCUT2D eigenvalue weighted by molar-refractivity contribution is 7.91. The molecule has 2 heterocycles. The molecule has 0 aromatic heterocycles. The molecule has 2 fully saturated rings. The van der Waals surface area contributed by atoms with Crippen molar-refractivity contribution in [1.29, 1.82) is 0 Å². The van der Waals surface area contributed by atoms with Gasteiger partial charge in [0.15, 0.2) is 9.84 Å². The lowest BCUT2D eigenvalue weighted by Gasteiger charge is -2.23. The summed E-state index contributed by atoms with van der Waals surface area (Å²) < 4.78 is 22.8. The van der Waals surface area contributed by atoms with Crippen LogP contribution in [0.15, 0.2) is 0 Å². The molecule has 0 radical (unpaired) electrons. The first-order chi connectivity index (χ1) is 7.08. The fraction of sp³-hybridized carbons (Fsp3) is 1.00. The average Bonchev–Trinajstić information content (AvgIpc) is 2.41. The number of aliphatic hydroxyl groups is 1. The second-order valence-electron chi connectivity index (χ2n) is 4.77. The Morgan fingerprint density at radius 3 is 2.67 bits per heavy atom. The van der Waals surface area contributed by atoms with Gasteiger partial charge < -0.3 is 10.4 Å². The largest absolute Gasteiger partial charge is 0.392 e. The van der Waals surface area contributed by atoms with E-state index in [1.54, 1.807) is 0 Å². The molecule has 0 aromatic carbocycles. The van der Waals surface area contributed by atoms with Crippen molar-refractivity contribution in [3.63, 3.8) is 0 Å². The van der Waals surface area contributed by atoms with Gasteiger partial charge in [-0.15, -0.1) is 0 Å². The lowest BCUT2D eigenvalue weighted by Crippen LogP contribution is -2.32. The third-order valence-electron chi connectivity index (χ3n) is 3.56. The fourth-order valence-electron chi connectivity index (χ4n) is 2.72. The summed E-state index contributed by atoms with van der Waals surface area (Å²) in [5.41, 5.74) is 0. The average molecular weight is 233 g/mol. The van der Waals surface area contributed by atoms with Crippen molar-refractivity contribution in [2.75, 3.05) is 24.6 Å². The van der Waals surface area contributed by atoms with E-state index in [0.717, 1.165) is 32.4 Å². The first-order valence-corrected chi connectivity index (χ1v) is 7.50. The van der Waals surface area contributed by atoms with E-state index in [1.807, 2.05) is 0 Å². The van der Waals surface area contributed by atoms with Gasteiger partial charge in [-0.3, -0.25) is 0 Å². The minimum absolute atomic E-state index is 0.0336. The highest BCUT2D eigenvalue weighted by Crippen LogP contribution is 2.30. The van der Waals surface area contributed by atoms with Crippen LogP contribution in [0.3, 0.4) is 0 Å². The SMILES string of the molecule is O=S1(=O)CC(O)C(C2CCCCNC2)C1. The van der Waals surface area contributed by atoms with E-state index in [-0.39, 0.29) is 17.4 Å². The molecule has 2 saturated heterocycles. The minimum atomic E-state index is -2.98. The van der Waals surface area contributed by atoms with Crippen molar-refractivity contribution in [3.05, 3.63) is 0 Å². The third kappa shape index (κ3) is 2.71. The summed E-state index contributed by atoms with van der Waals surface area (Å²) in [7, 11) is -2.98. The van der Waals surface area contributed by atoms with Gasteiger partial charge in [-0.05, 0) is 31.8 Å². The van der Waals surface area contributed by atoms with Gasteiger partial charge in [-0.1, -0.05) is 6.42 Å². The number of nitrogens with one attached hydrogen (secondary N) is 1. The first kappa shape index (κ1) is 11.4. The smallest absolute Gasteiger partial charge is 0.153 e. The molecule has 0 saturated carbocycles. The molecule has 3 atom stereocenters. The second-order valence-corrected chi connectivity index (χ2v) is 6.92. The summed E-state index contributed by atoms with van der Waals surface area (Å²) in [6.07, 6.45) is 2.71. The highest BCUT2D eigenvalue weighted by atomic mass is 32.2. The molecule has 88 valence electrons. The number of rotatable bonds is 1. The van der Waals surface area contributed by atoms with Crippen molar-refractivity contribution in [2.45, 2.75) is 25.4 Å². The van der Waals surface area contributed by atoms with E-state index < -0.39 is 15.9 Å². The zero-order valence-electron chi connectivity index (χ0n) is 8.85. The Kier molecular flexibility index (Phi) is 3.33. The normalized spacial score (nSPS) is 41.3. The van der Waals surface area contributed by atoms with Crippen molar-refractivity contribution >= 4 is 9.84 Å². The van der Waals surface area contributed by atoms with Gasteiger partial charge in [-0.25, -0.2) is 8.42 Å². The monoisotopic (exact) mass is 233 g/mol. The van der Waals surface area contributed by atoms with E-state index in [4.69, 9.17) is 0 Å². The molecule has 0 aromatic rings. The molecule has 3 unspecified atom stereocenters. The lowest BCUT2D eigenvalue weighted by atomic mass is 9.86. The number of aliphatic hydroxyl groups excluding tert-OH is 1. The van der Waals surface area contributed by atoms with Crippen molar-refractivity contribution in [3.8, 4) is 0 Å². The molecule has 4 nitrogen and oxygen atoms in total. The molecule has 15 heavy (non-hydrogen) atoms. The molecule has 0 aliphatic carbocycles. The van der Waals surface area contributed by atoms with E-state index in [0.29, 0.717) is 5.92 Å². The Balaban J connectivity index is 2.03. The van der Waals surface area contributed by atoms with E-state index in [1.165, 1.54) is 0 Å². The van der Waals surface area contributed by atoms with Gasteiger partial charge in [0, 0.05) is 5.92 Å². The molecule has 2 rings (SSSR count).